The van der Waals surface area contributed by atoms with Gasteiger partial charge in [-0.3, -0.25) is 9.78 Å². The molecule has 0 spiro atoms. The lowest BCUT2D eigenvalue weighted by molar-refractivity contribution is 0.0953. The Balaban J connectivity index is 1.67. The van der Waals surface area contributed by atoms with Crippen LogP contribution in [0.2, 0.25) is 0 Å². The van der Waals surface area contributed by atoms with Gasteiger partial charge in [0.05, 0.1) is 5.56 Å². The van der Waals surface area contributed by atoms with E-state index in [2.05, 4.69) is 31.2 Å². The minimum absolute atomic E-state index is 0.0898. The van der Waals surface area contributed by atoms with Crippen LogP contribution in [0.15, 0.2) is 38.8 Å². The van der Waals surface area contributed by atoms with Crippen LogP contribution < -0.4 is 5.32 Å². The molecule has 2 aromatic rings. The molecule has 0 saturated carbocycles. The molecule has 2 rings (SSSR count). The molecule has 0 aliphatic rings. The summed E-state index contributed by atoms with van der Waals surface area (Å²) in [7, 11) is 0. The summed E-state index contributed by atoms with van der Waals surface area (Å²) in [5.74, 6) is 0.859. The minimum atomic E-state index is -0.0898. The van der Waals surface area contributed by atoms with Crippen LogP contribution in [0.1, 0.15) is 16.8 Å². The topological polar surface area (TPSA) is 54.9 Å². The Morgan fingerprint density at radius 3 is 3.11 bits per heavy atom. The van der Waals surface area contributed by atoms with Crippen LogP contribution in [0, 0.1) is 0 Å². The highest BCUT2D eigenvalue weighted by Gasteiger charge is 2.05. The first-order valence-electron chi connectivity index (χ1n) is 5.67. The molecule has 0 unspecified atom stereocenters. The number of amides is 1. The molecular weight excluding hydrogens is 346 g/mol. The summed E-state index contributed by atoms with van der Waals surface area (Å²) in [5.41, 5.74) is 0.571. The SMILES string of the molecule is O=C(NCCCSc1nccs1)c1cncc(Br)c1. The standard InChI is InChI=1S/C12H12BrN3OS2/c13-10-6-9(7-14-8-10)11(17)15-2-1-4-18-12-16-3-5-19-12/h3,5-8H,1-2,4H2,(H,15,17). The van der Waals surface area contributed by atoms with Crippen molar-refractivity contribution in [3.8, 4) is 0 Å². The smallest absolute Gasteiger partial charge is 0.252 e. The van der Waals surface area contributed by atoms with Gasteiger partial charge in [0.2, 0.25) is 0 Å². The Kier molecular flexibility index (Phi) is 5.81. The van der Waals surface area contributed by atoms with Crippen molar-refractivity contribution in [1.82, 2.24) is 15.3 Å². The third-order valence-electron chi connectivity index (χ3n) is 2.21. The molecule has 0 bridgehead atoms. The number of carbonyl (C=O) groups is 1. The van der Waals surface area contributed by atoms with Crippen molar-refractivity contribution in [2.45, 2.75) is 10.8 Å². The number of hydrogen-bond acceptors (Lipinski definition) is 5. The second-order valence-electron chi connectivity index (χ2n) is 3.65. The largest absolute Gasteiger partial charge is 0.352 e. The van der Waals surface area contributed by atoms with E-state index < -0.39 is 0 Å². The Morgan fingerprint density at radius 2 is 2.37 bits per heavy atom. The van der Waals surface area contributed by atoms with Gasteiger partial charge in [0.1, 0.15) is 4.34 Å². The van der Waals surface area contributed by atoms with Crippen molar-refractivity contribution >= 4 is 44.9 Å². The number of thiazole rings is 1. The van der Waals surface area contributed by atoms with Crippen LogP contribution in [0.25, 0.3) is 0 Å². The van der Waals surface area contributed by atoms with Gasteiger partial charge in [-0.1, -0.05) is 11.8 Å². The van der Waals surface area contributed by atoms with Crippen LogP contribution in [-0.2, 0) is 0 Å². The van der Waals surface area contributed by atoms with Crippen molar-refractivity contribution in [2.24, 2.45) is 0 Å². The molecular formula is C12H12BrN3OS2. The number of pyridine rings is 1. The van der Waals surface area contributed by atoms with E-state index in [1.807, 2.05) is 5.38 Å². The molecule has 0 radical (unpaired) electrons. The molecule has 0 aliphatic carbocycles. The van der Waals surface area contributed by atoms with Crippen LogP contribution >= 0.6 is 39.0 Å². The zero-order chi connectivity index (χ0) is 13.5. The number of thioether (sulfide) groups is 1. The van der Waals surface area contributed by atoms with Gasteiger partial charge >= 0.3 is 0 Å². The number of carbonyl (C=O) groups excluding carboxylic acids is 1. The lowest BCUT2D eigenvalue weighted by Crippen LogP contribution is -2.24. The van der Waals surface area contributed by atoms with Crippen LogP contribution in [0.3, 0.4) is 0 Å². The molecule has 19 heavy (non-hydrogen) atoms. The Morgan fingerprint density at radius 1 is 1.47 bits per heavy atom. The number of nitrogens with one attached hydrogen (secondary N) is 1. The highest BCUT2D eigenvalue weighted by atomic mass is 79.9. The number of aromatic nitrogens is 2. The zero-order valence-electron chi connectivity index (χ0n) is 10.0. The first-order valence-corrected chi connectivity index (χ1v) is 8.32. The van der Waals surface area contributed by atoms with Crippen molar-refractivity contribution in [3.05, 3.63) is 40.1 Å². The van der Waals surface area contributed by atoms with Crippen molar-refractivity contribution < 1.29 is 4.79 Å². The van der Waals surface area contributed by atoms with E-state index in [9.17, 15) is 4.79 Å². The average molecular weight is 358 g/mol. The summed E-state index contributed by atoms with van der Waals surface area (Å²) in [6.07, 6.45) is 5.93. The first-order chi connectivity index (χ1) is 9.25. The zero-order valence-corrected chi connectivity index (χ0v) is 13.2. The van der Waals surface area contributed by atoms with Crippen LogP contribution in [0.4, 0.5) is 0 Å². The molecule has 1 N–H and O–H groups in total. The van der Waals surface area contributed by atoms with E-state index in [0.29, 0.717) is 12.1 Å². The number of halogens is 1. The van der Waals surface area contributed by atoms with Gasteiger partial charge in [0, 0.05) is 40.7 Å². The van der Waals surface area contributed by atoms with Crippen molar-refractivity contribution in [2.75, 3.05) is 12.3 Å². The quantitative estimate of drug-likeness (QED) is 0.636. The predicted molar refractivity (Wildman–Crippen MR) is 81.7 cm³/mol. The van der Waals surface area contributed by atoms with Gasteiger partial charge in [-0.05, 0) is 28.4 Å². The fraction of sp³-hybridized carbons (Fsp3) is 0.250. The molecule has 0 aromatic carbocycles. The Bertz CT molecular complexity index is 534. The molecule has 2 aromatic heterocycles. The summed E-state index contributed by atoms with van der Waals surface area (Å²) >= 11 is 6.64. The molecule has 1 amide bonds. The van der Waals surface area contributed by atoms with Gasteiger partial charge < -0.3 is 5.32 Å². The third kappa shape index (κ3) is 4.93. The maximum Gasteiger partial charge on any atom is 0.252 e. The summed E-state index contributed by atoms with van der Waals surface area (Å²) in [4.78, 5) is 20.0. The van der Waals surface area contributed by atoms with E-state index in [-0.39, 0.29) is 5.91 Å². The van der Waals surface area contributed by atoms with Crippen LogP contribution in [0.5, 0.6) is 0 Å². The van der Waals surface area contributed by atoms with E-state index >= 15 is 0 Å². The van der Waals surface area contributed by atoms with Gasteiger partial charge in [0.25, 0.3) is 5.91 Å². The lowest BCUT2D eigenvalue weighted by Gasteiger charge is -2.04. The number of rotatable bonds is 6. The monoisotopic (exact) mass is 357 g/mol. The summed E-state index contributed by atoms with van der Waals surface area (Å²) in [6, 6.07) is 1.76. The maximum absolute atomic E-state index is 11.8. The summed E-state index contributed by atoms with van der Waals surface area (Å²) < 4.78 is 1.88. The van der Waals surface area contributed by atoms with Crippen molar-refractivity contribution in [3.63, 3.8) is 0 Å². The molecule has 2 heterocycles. The molecule has 0 saturated heterocycles. The molecule has 4 nitrogen and oxygen atoms in total. The van der Waals surface area contributed by atoms with Gasteiger partial charge in [0.15, 0.2) is 0 Å². The molecule has 0 atom stereocenters. The first kappa shape index (κ1) is 14.5. The number of hydrogen-bond donors (Lipinski definition) is 1. The van der Waals surface area contributed by atoms with Gasteiger partial charge in [-0.15, -0.1) is 11.3 Å². The predicted octanol–water partition coefficient (Wildman–Crippen LogP) is 3.21. The van der Waals surface area contributed by atoms with E-state index in [1.54, 1.807) is 47.8 Å². The highest BCUT2D eigenvalue weighted by Crippen LogP contribution is 2.20. The highest BCUT2D eigenvalue weighted by molar-refractivity contribution is 9.10. The fourth-order valence-corrected chi connectivity index (χ4v) is 3.37. The second-order valence-corrected chi connectivity index (χ2v) is 6.80. The lowest BCUT2D eigenvalue weighted by atomic mass is 10.2. The Hall–Kier alpha value is -0.920. The molecule has 7 heteroatoms. The van der Waals surface area contributed by atoms with E-state index in [4.69, 9.17) is 0 Å². The maximum atomic E-state index is 11.8. The molecule has 0 aliphatic heterocycles. The summed E-state index contributed by atoms with van der Waals surface area (Å²) in [6.45, 7) is 0.656. The third-order valence-corrected chi connectivity index (χ3v) is 4.69. The van der Waals surface area contributed by atoms with E-state index in [1.165, 1.54) is 0 Å². The van der Waals surface area contributed by atoms with Gasteiger partial charge in [-0.2, -0.15) is 0 Å². The molecule has 100 valence electrons. The summed E-state index contributed by atoms with van der Waals surface area (Å²) in [5, 5.41) is 4.84. The van der Waals surface area contributed by atoms with Crippen LogP contribution in [-0.4, -0.2) is 28.2 Å². The average Bonchev–Trinajstić information content (AvgIpc) is 2.91. The second kappa shape index (κ2) is 7.62. The fourth-order valence-electron chi connectivity index (χ4n) is 1.35. The normalized spacial score (nSPS) is 10.4. The number of nitrogens with zero attached hydrogens (tertiary/aromatic N) is 2. The van der Waals surface area contributed by atoms with Crippen molar-refractivity contribution in [1.29, 1.82) is 0 Å². The Labute approximate surface area is 128 Å². The van der Waals surface area contributed by atoms with Gasteiger partial charge in [-0.25, -0.2) is 4.98 Å². The minimum Gasteiger partial charge on any atom is -0.352 e. The molecule has 0 fully saturated rings. The van der Waals surface area contributed by atoms with E-state index in [0.717, 1.165) is 21.0 Å².